The van der Waals surface area contributed by atoms with Gasteiger partial charge in [-0.05, 0) is 56.2 Å². The number of aromatic hydroxyl groups is 2. The van der Waals surface area contributed by atoms with Crippen LogP contribution in [0.25, 0.3) is 0 Å². The summed E-state index contributed by atoms with van der Waals surface area (Å²) in [7, 11) is 0. The van der Waals surface area contributed by atoms with E-state index < -0.39 is 35.7 Å². The van der Waals surface area contributed by atoms with Crippen LogP contribution in [0.15, 0.2) is 48.5 Å². The Balaban J connectivity index is 1.89. The lowest BCUT2D eigenvalue weighted by Gasteiger charge is -2.43. The van der Waals surface area contributed by atoms with Crippen molar-refractivity contribution in [2.45, 2.75) is 51.3 Å². The standard InChI is InChI=1S/C25H30N2O7/c1-25(2,3)34-24(33)27-13-12-26(21(23(31)32)15-17-6-10-19(29)11-7-17)22(30)20(27)14-16-4-8-18(28)9-5-16/h4-11,20-21,28-29H,12-15H2,1-3H3,(H,31,32)/t20-,21-/m0/s1. The highest BCUT2D eigenvalue weighted by atomic mass is 16.6. The van der Waals surface area contributed by atoms with Crippen molar-refractivity contribution >= 4 is 18.0 Å². The van der Waals surface area contributed by atoms with Gasteiger partial charge >= 0.3 is 12.1 Å². The molecule has 3 rings (SSSR count). The molecule has 0 aliphatic carbocycles. The molecule has 1 heterocycles. The maximum Gasteiger partial charge on any atom is 0.411 e. The van der Waals surface area contributed by atoms with Crippen LogP contribution >= 0.6 is 0 Å². The molecule has 0 saturated carbocycles. The van der Waals surface area contributed by atoms with Crippen LogP contribution < -0.4 is 0 Å². The average Bonchev–Trinajstić information content (AvgIpc) is 2.75. The van der Waals surface area contributed by atoms with E-state index in [9.17, 15) is 29.7 Å². The monoisotopic (exact) mass is 470 g/mol. The zero-order valence-electron chi connectivity index (χ0n) is 19.5. The van der Waals surface area contributed by atoms with Crippen molar-refractivity contribution in [2.75, 3.05) is 13.1 Å². The first kappa shape index (κ1) is 24.9. The van der Waals surface area contributed by atoms with Crippen LogP contribution in [-0.4, -0.2) is 73.9 Å². The number of nitrogens with zero attached hydrogens (tertiary/aromatic N) is 2. The van der Waals surface area contributed by atoms with E-state index in [1.807, 2.05) is 0 Å². The number of amides is 2. The largest absolute Gasteiger partial charge is 0.508 e. The van der Waals surface area contributed by atoms with Crippen molar-refractivity contribution in [3.63, 3.8) is 0 Å². The second-order valence-electron chi connectivity index (χ2n) is 9.32. The van der Waals surface area contributed by atoms with Gasteiger partial charge in [0, 0.05) is 25.9 Å². The average molecular weight is 471 g/mol. The zero-order valence-corrected chi connectivity index (χ0v) is 19.5. The van der Waals surface area contributed by atoms with Crippen LogP contribution in [0.1, 0.15) is 31.9 Å². The Kier molecular flexibility index (Phi) is 7.34. The third-order valence-corrected chi connectivity index (χ3v) is 5.55. The number of carboxylic acids is 1. The fraction of sp³-hybridized carbons (Fsp3) is 0.400. The fourth-order valence-electron chi connectivity index (χ4n) is 3.89. The number of aliphatic carboxylic acids is 1. The Bertz CT molecular complexity index is 1030. The molecule has 2 aromatic rings. The smallest absolute Gasteiger partial charge is 0.411 e. The summed E-state index contributed by atoms with van der Waals surface area (Å²) in [5.41, 5.74) is 0.600. The van der Waals surface area contributed by atoms with E-state index in [0.29, 0.717) is 11.1 Å². The lowest BCUT2D eigenvalue weighted by Crippen LogP contribution is -2.63. The minimum atomic E-state index is -1.16. The Morgan fingerprint density at radius 1 is 0.971 bits per heavy atom. The third kappa shape index (κ3) is 6.18. The molecule has 1 saturated heterocycles. The van der Waals surface area contributed by atoms with E-state index in [1.54, 1.807) is 45.0 Å². The number of phenols is 2. The van der Waals surface area contributed by atoms with Gasteiger partial charge in [-0.3, -0.25) is 9.69 Å². The molecule has 2 amide bonds. The SMILES string of the molecule is CC(C)(C)OC(=O)N1CCN([C@@H](Cc2ccc(O)cc2)C(=O)O)C(=O)[C@@H]1Cc1ccc(O)cc1. The van der Waals surface area contributed by atoms with Crippen molar-refractivity contribution in [3.05, 3.63) is 59.7 Å². The summed E-state index contributed by atoms with van der Waals surface area (Å²) in [5.74, 6) is -1.51. The van der Waals surface area contributed by atoms with Crippen molar-refractivity contribution < 1.29 is 34.4 Å². The van der Waals surface area contributed by atoms with Gasteiger partial charge in [-0.25, -0.2) is 9.59 Å². The molecule has 2 atom stereocenters. The van der Waals surface area contributed by atoms with Gasteiger partial charge in [0.05, 0.1) is 0 Å². The molecule has 0 bridgehead atoms. The van der Waals surface area contributed by atoms with Gasteiger partial charge in [-0.2, -0.15) is 0 Å². The summed E-state index contributed by atoms with van der Waals surface area (Å²) in [4.78, 5) is 41.3. The molecule has 0 aromatic heterocycles. The van der Waals surface area contributed by atoms with Crippen LogP contribution in [-0.2, 0) is 27.2 Å². The Labute approximate surface area is 198 Å². The van der Waals surface area contributed by atoms with Gasteiger partial charge in [0.1, 0.15) is 29.2 Å². The molecule has 9 heteroatoms. The summed E-state index contributed by atoms with van der Waals surface area (Å²) in [5, 5.41) is 29.0. The lowest BCUT2D eigenvalue weighted by atomic mass is 9.98. The van der Waals surface area contributed by atoms with Gasteiger partial charge < -0.3 is 25.0 Å². The topological polar surface area (TPSA) is 128 Å². The van der Waals surface area contributed by atoms with Crippen molar-refractivity contribution in [2.24, 2.45) is 0 Å². The fourth-order valence-corrected chi connectivity index (χ4v) is 3.89. The third-order valence-electron chi connectivity index (χ3n) is 5.55. The van der Waals surface area contributed by atoms with E-state index in [-0.39, 0.29) is 37.4 Å². The Morgan fingerprint density at radius 2 is 1.50 bits per heavy atom. The van der Waals surface area contributed by atoms with Crippen molar-refractivity contribution in [1.29, 1.82) is 0 Å². The second kappa shape index (κ2) is 10.0. The predicted octanol–water partition coefficient (Wildman–Crippen LogP) is 2.78. The summed E-state index contributed by atoms with van der Waals surface area (Å²) < 4.78 is 5.50. The van der Waals surface area contributed by atoms with Gasteiger partial charge in [0.2, 0.25) is 5.91 Å². The first-order valence-electron chi connectivity index (χ1n) is 11.0. The molecule has 2 aromatic carbocycles. The first-order valence-corrected chi connectivity index (χ1v) is 11.0. The summed E-state index contributed by atoms with van der Waals surface area (Å²) in [6.07, 6.45) is -0.449. The van der Waals surface area contributed by atoms with Crippen LogP contribution in [0.3, 0.4) is 0 Å². The van der Waals surface area contributed by atoms with Gasteiger partial charge in [0.15, 0.2) is 0 Å². The molecule has 0 radical (unpaired) electrons. The molecule has 0 unspecified atom stereocenters. The van der Waals surface area contributed by atoms with Crippen molar-refractivity contribution in [1.82, 2.24) is 9.80 Å². The number of rotatable bonds is 6. The van der Waals surface area contributed by atoms with E-state index in [1.165, 1.54) is 34.1 Å². The second-order valence-corrected chi connectivity index (χ2v) is 9.32. The van der Waals surface area contributed by atoms with Gasteiger partial charge in [-0.15, -0.1) is 0 Å². The minimum absolute atomic E-state index is 0.0409. The molecule has 1 aliphatic rings. The summed E-state index contributed by atoms with van der Waals surface area (Å²) in [6, 6.07) is 10.3. The lowest BCUT2D eigenvalue weighted by molar-refractivity contribution is -0.155. The number of benzene rings is 2. The van der Waals surface area contributed by atoms with E-state index in [2.05, 4.69) is 0 Å². The highest BCUT2D eigenvalue weighted by molar-refractivity contribution is 5.90. The normalized spacial score (nSPS) is 17.4. The molecule has 1 aliphatic heterocycles. The highest BCUT2D eigenvalue weighted by Gasteiger charge is 2.43. The number of carbonyl (C=O) groups excluding carboxylic acids is 2. The first-order chi connectivity index (χ1) is 15.9. The number of carboxylic acid groups (broad SMARTS) is 1. The number of piperazine rings is 1. The van der Waals surface area contributed by atoms with E-state index in [4.69, 9.17) is 4.74 Å². The molecule has 34 heavy (non-hydrogen) atoms. The summed E-state index contributed by atoms with van der Waals surface area (Å²) >= 11 is 0. The quantitative estimate of drug-likeness (QED) is 0.592. The van der Waals surface area contributed by atoms with Crippen LogP contribution in [0, 0.1) is 0 Å². The molecule has 9 nitrogen and oxygen atoms in total. The molecule has 3 N–H and O–H groups in total. The van der Waals surface area contributed by atoms with Crippen LogP contribution in [0.4, 0.5) is 4.79 Å². The number of hydrogen-bond donors (Lipinski definition) is 3. The molecule has 0 spiro atoms. The number of hydrogen-bond acceptors (Lipinski definition) is 6. The molecular formula is C25H30N2O7. The Morgan fingerprint density at radius 3 is 2.00 bits per heavy atom. The molecule has 182 valence electrons. The maximum absolute atomic E-state index is 13.6. The summed E-state index contributed by atoms with van der Waals surface area (Å²) in [6.45, 7) is 5.35. The minimum Gasteiger partial charge on any atom is -0.508 e. The van der Waals surface area contributed by atoms with Crippen LogP contribution in [0.5, 0.6) is 11.5 Å². The van der Waals surface area contributed by atoms with Crippen molar-refractivity contribution in [3.8, 4) is 11.5 Å². The number of carbonyl (C=O) groups is 3. The van der Waals surface area contributed by atoms with E-state index >= 15 is 0 Å². The zero-order chi connectivity index (χ0) is 25.0. The van der Waals surface area contributed by atoms with Gasteiger partial charge in [0.25, 0.3) is 0 Å². The molecule has 1 fully saturated rings. The number of ether oxygens (including phenoxy) is 1. The number of phenolic OH excluding ortho intramolecular Hbond substituents is 2. The molecular weight excluding hydrogens is 440 g/mol. The highest BCUT2D eigenvalue weighted by Crippen LogP contribution is 2.24. The van der Waals surface area contributed by atoms with Gasteiger partial charge in [-0.1, -0.05) is 24.3 Å². The Hall–Kier alpha value is -3.75. The van der Waals surface area contributed by atoms with E-state index in [0.717, 1.165) is 0 Å². The maximum atomic E-state index is 13.6. The van der Waals surface area contributed by atoms with Crippen LogP contribution in [0.2, 0.25) is 0 Å². The predicted molar refractivity (Wildman–Crippen MR) is 123 cm³/mol.